The summed E-state index contributed by atoms with van der Waals surface area (Å²) in [5, 5.41) is 11.3. The van der Waals surface area contributed by atoms with E-state index in [1.165, 1.54) is 11.3 Å². The molecule has 0 aliphatic heterocycles. The van der Waals surface area contributed by atoms with Crippen molar-refractivity contribution in [1.29, 1.82) is 0 Å². The fraction of sp³-hybridized carbons (Fsp3) is 0.167. The number of ether oxygens (including phenoxy) is 1. The van der Waals surface area contributed by atoms with E-state index in [4.69, 9.17) is 4.74 Å². The lowest BCUT2D eigenvalue weighted by molar-refractivity contribution is 0.102. The van der Waals surface area contributed by atoms with Crippen LogP contribution in [0.25, 0.3) is 0 Å². The van der Waals surface area contributed by atoms with Crippen molar-refractivity contribution in [3.05, 3.63) is 59.7 Å². The van der Waals surface area contributed by atoms with Gasteiger partial charge in [-0.15, -0.1) is 10.2 Å². The van der Waals surface area contributed by atoms with Crippen molar-refractivity contribution in [1.82, 2.24) is 10.2 Å². The summed E-state index contributed by atoms with van der Waals surface area (Å²) in [6, 6.07) is 14.8. The van der Waals surface area contributed by atoms with Crippen LogP contribution in [0.2, 0.25) is 0 Å². The van der Waals surface area contributed by atoms with Crippen LogP contribution in [-0.2, 0) is 0 Å². The number of nitrogens with zero attached hydrogens (tertiary/aromatic N) is 2. The van der Waals surface area contributed by atoms with Gasteiger partial charge in [0, 0.05) is 5.56 Å². The third-order valence-corrected chi connectivity index (χ3v) is 5.09. The molecule has 0 radical (unpaired) electrons. The lowest BCUT2D eigenvalue weighted by atomic mass is 10.2. The van der Waals surface area contributed by atoms with E-state index in [0.717, 1.165) is 21.4 Å². The van der Waals surface area contributed by atoms with Gasteiger partial charge in [-0.3, -0.25) is 10.1 Å². The van der Waals surface area contributed by atoms with Crippen LogP contribution in [0.5, 0.6) is 11.5 Å². The van der Waals surface area contributed by atoms with Crippen LogP contribution in [-0.4, -0.2) is 21.9 Å². The van der Waals surface area contributed by atoms with Crippen LogP contribution in [0.4, 0.5) is 5.13 Å². The van der Waals surface area contributed by atoms with Gasteiger partial charge < -0.3 is 4.74 Å². The second kappa shape index (κ2) is 8.13. The number of carbonyl (C=O) groups excluding carboxylic acids is 1. The summed E-state index contributed by atoms with van der Waals surface area (Å²) >= 11 is 2.97. The minimum atomic E-state index is -0.216. The van der Waals surface area contributed by atoms with Gasteiger partial charge in [-0.05, 0) is 54.6 Å². The predicted molar refractivity (Wildman–Crippen MR) is 102 cm³/mol. The zero-order chi connectivity index (χ0) is 17.6. The molecule has 0 aliphatic carbocycles. The van der Waals surface area contributed by atoms with Crippen LogP contribution in [0.15, 0.2) is 52.9 Å². The summed E-state index contributed by atoms with van der Waals surface area (Å²) in [6.07, 6.45) is 0. The molecule has 5 nitrogen and oxygen atoms in total. The maximum absolute atomic E-state index is 12.3. The van der Waals surface area contributed by atoms with Crippen molar-refractivity contribution in [3.8, 4) is 11.5 Å². The average molecular weight is 371 g/mol. The summed E-state index contributed by atoms with van der Waals surface area (Å²) in [7, 11) is 0. The topological polar surface area (TPSA) is 64.1 Å². The summed E-state index contributed by atoms with van der Waals surface area (Å²) in [4.78, 5) is 12.3. The zero-order valence-corrected chi connectivity index (χ0v) is 15.5. The van der Waals surface area contributed by atoms with E-state index in [0.29, 0.717) is 16.4 Å². The Morgan fingerprint density at radius 1 is 1.16 bits per heavy atom. The number of thioether (sulfide) groups is 1. The monoisotopic (exact) mass is 371 g/mol. The molecule has 0 spiro atoms. The number of nitrogens with one attached hydrogen (secondary N) is 1. The molecule has 0 aliphatic rings. The van der Waals surface area contributed by atoms with Gasteiger partial charge in [0.05, 0.1) is 0 Å². The van der Waals surface area contributed by atoms with Gasteiger partial charge in [-0.25, -0.2) is 0 Å². The highest BCUT2D eigenvalue weighted by atomic mass is 32.2. The standard InChI is InChI=1S/C18H17N3O2S2/c1-3-24-18-21-20-17(25-18)19-16(22)13-7-9-14(10-8-13)23-15-6-4-5-12(2)11-15/h4-11H,3H2,1-2H3,(H,19,20,22). The second-order valence-corrected chi connectivity index (χ2v) is 7.69. The molecule has 7 heteroatoms. The Labute approximate surface area is 154 Å². The molecule has 1 amide bonds. The molecule has 0 saturated heterocycles. The molecule has 0 atom stereocenters. The van der Waals surface area contributed by atoms with Gasteiger partial charge in [0.2, 0.25) is 5.13 Å². The first-order valence-electron chi connectivity index (χ1n) is 7.76. The first-order chi connectivity index (χ1) is 12.1. The van der Waals surface area contributed by atoms with E-state index in [2.05, 4.69) is 15.5 Å². The number of hydrogen-bond acceptors (Lipinski definition) is 6. The number of aromatic nitrogens is 2. The molecule has 0 saturated carbocycles. The first kappa shape index (κ1) is 17.4. The van der Waals surface area contributed by atoms with E-state index < -0.39 is 0 Å². The Morgan fingerprint density at radius 3 is 2.68 bits per heavy atom. The van der Waals surface area contributed by atoms with Gasteiger partial charge in [0.15, 0.2) is 4.34 Å². The largest absolute Gasteiger partial charge is 0.457 e. The second-order valence-electron chi connectivity index (χ2n) is 5.20. The molecule has 0 bridgehead atoms. The maximum Gasteiger partial charge on any atom is 0.257 e. The number of aryl methyl sites for hydroxylation is 1. The van der Waals surface area contributed by atoms with Crippen molar-refractivity contribution in [2.24, 2.45) is 0 Å². The van der Waals surface area contributed by atoms with Crippen LogP contribution in [0.3, 0.4) is 0 Å². The van der Waals surface area contributed by atoms with E-state index in [-0.39, 0.29) is 5.91 Å². The molecule has 0 fully saturated rings. The molecule has 128 valence electrons. The van der Waals surface area contributed by atoms with Crippen molar-refractivity contribution in [3.63, 3.8) is 0 Å². The zero-order valence-electron chi connectivity index (χ0n) is 13.9. The van der Waals surface area contributed by atoms with Crippen molar-refractivity contribution in [2.45, 2.75) is 18.2 Å². The third kappa shape index (κ3) is 4.80. The molecule has 0 unspecified atom stereocenters. The normalized spacial score (nSPS) is 10.5. The van der Waals surface area contributed by atoms with Crippen molar-refractivity contribution in [2.75, 3.05) is 11.1 Å². The van der Waals surface area contributed by atoms with Crippen molar-refractivity contribution < 1.29 is 9.53 Å². The molecule has 1 heterocycles. The van der Waals surface area contributed by atoms with E-state index in [1.807, 2.05) is 38.1 Å². The number of amides is 1. The van der Waals surface area contributed by atoms with Gasteiger partial charge in [-0.1, -0.05) is 42.2 Å². The number of rotatable bonds is 6. The average Bonchev–Trinajstić information content (AvgIpc) is 3.03. The molecule has 3 aromatic rings. The fourth-order valence-corrected chi connectivity index (χ4v) is 3.74. The molecular formula is C18H17N3O2S2. The Kier molecular flexibility index (Phi) is 5.67. The van der Waals surface area contributed by atoms with Gasteiger partial charge in [0.1, 0.15) is 11.5 Å². The fourth-order valence-electron chi connectivity index (χ4n) is 2.10. The molecule has 3 rings (SSSR count). The van der Waals surface area contributed by atoms with Crippen LogP contribution in [0.1, 0.15) is 22.8 Å². The number of benzene rings is 2. The summed E-state index contributed by atoms with van der Waals surface area (Å²) in [6.45, 7) is 4.06. The SMILES string of the molecule is CCSc1nnc(NC(=O)c2ccc(Oc3cccc(C)c3)cc2)s1. The number of carbonyl (C=O) groups is 1. The number of hydrogen-bond donors (Lipinski definition) is 1. The predicted octanol–water partition coefficient (Wildman–Crippen LogP) is 5.00. The van der Waals surface area contributed by atoms with Gasteiger partial charge in [-0.2, -0.15) is 0 Å². The summed E-state index contributed by atoms with van der Waals surface area (Å²) < 4.78 is 6.63. The van der Waals surface area contributed by atoms with Crippen LogP contribution < -0.4 is 10.1 Å². The lowest BCUT2D eigenvalue weighted by Gasteiger charge is -2.07. The van der Waals surface area contributed by atoms with Crippen LogP contribution >= 0.6 is 23.1 Å². The van der Waals surface area contributed by atoms with Gasteiger partial charge >= 0.3 is 0 Å². The smallest absolute Gasteiger partial charge is 0.257 e. The third-order valence-electron chi connectivity index (χ3n) is 3.24. The Morgan fingerprint density at radius 2 is 1.96 bits per heavy atom. The summed E-state index contributed by atoms with van der Waals surface area (Å²) in [5.41, 5.74) is 1.67. The number of anilines is 1. The van der Waals surface area contributed by atoms with Gasteiger partial charge in [0.25, 0.3) is 5.91 Å². The highest BCUT2D eigenvalue weighted by Gasteiger charge is 2.10. The van der Waals surface area contributed by atoms with E-state index in [1.54, 1.807) is 36.0 Å². The Bertz CT molecular complexity index is 863. The highest BCUT2D eigenvalue weighted by molar-refractivity contribution is 8.01. The Balaban J connectivity index is 1.63. The molecule has 25 heavy (non-hydrogen) atoms. The quantitative estimate of drug-likeness (QED) is 0.488. The molecule has 1 aromatic heterocycles. The maximum atomic E-state index is 12.3. The molecule has 2 aromatic carbocycles. The first-order valence-corrected chi connectivity index (χ1v) is 9.56. The molecule has 1 N–H and O–H groups in total. The van der Waals surface area contributed by atoms with Crippen molar-refractivity contribution >= 4 is 34.1 Å². The summed E-state index contributed by atoms with van der Waals surface area (Å²) in [5.74, 6) is 2.16. The lowest BCUT2D eigenvalue weighted by Crippen LogP contribution is -2.11. The minimum Gasteiger partial charge on any atom is -0.457 e. The van der Waals surface area contributed by atoms with Crippen LogP contribution in [0, 0.1) is 6.92 Å². The Hall–Kier alpha value is -2.38. The minimum absolute atomic E-state index is 0.216. The van der Waals surface area contributed by atoms with E-state index in [9.17, 15) is 4.79 Å². The highest BCUT2D eigenvalue weighted by Crippen LogP contribution is 2.26. The van der Waals surface area contributed by atoms with E-state index >= 15 is 0 Å². The molecular weight excluding hydrogens is 354 g/mol.